The first kappa shape index (κ1) is 12.9. The van der Waals surface area contributed by atoms with Crippen molar-refractivity contribution in [2.24, 2.45) is 0 Å². The molecule has 0 saturated heterocycles. The number of rotatable bonds is 6. The predicted molar refractivity (Wildman–Crippen MR) is 55.1 cm³/mol. The molecule has 1 unspecified atom stereocenters. The summed E-state index contributed by atoms with van der Waals surface area (Å²) in [7, 11) is 0. The number of carboxylic acids is 1. The maximum absolute atomic E-state index is 11.1. The van der Waals surface area contributed by atoms with Gasteiger partial charge >= 0.3 is 12.0 Å². The number of aromatic nitrogens is 3. The summed E-state index contributed by atoms with van der Waals surface area (Å²) in [5.41, 5.74) is 0. The molecule has 0 aromatic carbocycles. The summed E-state index contributed by atoms with van der Waals surface area (Å²) >= 11 is 0. The molecule has 5 N–H and O–H groups in total. The molecule has 9 heteroatoms. The van der Waals surface area contributed by atoms with E-state index in [4.69, 9.17) is 10.2 Å². The van der Waals surface area contributed by atoms with E-state index in [1.54, 1.807) is 0 Å². The summed E-state index contributed by atoms with van der Waals surface area (Å²) in [6.45, 7) is -0.0202. The lowest BCUT2D eigenvalue weighted by atomic mass is 10.3. The van der Waals surface area contributed by atoms with Crippen molar-refractivity contribution in [2.75, 3.05) is 13.1 Å². The van der Waals surface area contributed by atoms with Gasteiger partial charge < -0.3 is 20.8 Å². The second kappa shape index (κ2) is 6.43. The summed E-state index contributed by atoms with van der Waals surface area (Å²) in [5.74, 6) is -0.747. The minimum absolute atomic E-state index is 0.324. The lowest BCUT2D eigenvalue weighted by molar-refractivity contribution is -0.146. The number of carboxylic acid groups (broad SMARTS) is 1. The molecule has 0 bridgehead atoms. The van der Waals surface area contributed by atoms with Gasteiger partial charge in [-0.15, -0.1) is 0 Å². The van der Waals surface area contributed by atoms with Crippen LogP contribution in [0.15, 0.2) is 6.33 Å². The zero-order valence-corrected chi connectivity index (χ0v) is 8.88. The number of aliphatic carboxylic acids is 1. The van der Waals surface area contributed by atoms with E-state index in [1.165, 1.54) is 6.33 Å². The average Bonchev–Trinajstić information content (AvgIpc) is 2.78. The minimum Gasteiger partial charge on any atom is -0.479 e. The number of urea groups is 1. The number of nitrogens with zero attached hydrogens (tertiary/aromatic N) is 2. The fourth-order valence-electron chi connectivity index (χ4n) is 0.985. The molecule has 1 rings (SSSR count). The SMILES string of the molecule is O=C(NCCc1ncn[nH]1)NCC(O)C(=O)O. The van der Waals surface area contributed by atoms with Gasteiger partial charge in [0.25, 0.3) is 0 Å². The smallest absolute Gasteiger partial charge is 0.334 e. The van der Waals surface area contributed by atoms with Crippen molar-refractivity contribution in [3.8, 4) is 0 Å². The summed E-state index contributed by atoms with van der Waals surface area (Å²) in [4.78, 5) is 25.2. The second-order valence-electron chi connectivity index (χ2n) is 3.17. The lowest BCUT2D eigenvalue weighted by Crippen LogP contribution is -2.42. The molecule has 1 aromatic heterocycles. The van der Waals surface area contributed by atoms with E-state index >= 15 is 0 Å². The highest BCUT2D eigenvalue weighted by atomic mass is 16.4. The molecule has 0 aliphatic carbocycles. The van der Waals surface area contributed by atoms with Crippen LogP contribution in [0.3, 0.4) is 0 Å². The molecule has 0 saturated carbocycles. The Kier molecular flexibility index (Phi) is 4.88. The van der Waals surface area contributed by atoms with Gasteiger partial charge in [0.1, 0.15) is 12.2 Å². The number of carbonyl (C=O) groups excluding carboxylic acids is 1. The van der Waals surface area contributed by atoms with Gasteiger partial charge in [-0.3, -0.25) is 5.10 Å². The Labute approximate surface area is 96.2 Å². The molecule has 94 valence electrons. The van der Waals surface area contributed by atoms with Crippen LogP contribution in [0.25, 0.3) is 0 Å². The van der Waals surface area contributed by atoms with E-state index in [0.717, 1.165) is 0 Å². The van der Waals surface area contributed by atoms with Crippen LogP contribution < -0.4 is 10.6 Å². The lowest BCUT2D eigenvalue weighted by Gasteiger charge is -2.08. The van der Waals surface area contributed by atoms with Crippen molar-refractivity contribution in [1.82, 2.24) is 25.8 Å². The highest BCUT2D eigenvalue weighted by Crippen LogP contribution is 1.85. The quantitative estimate of drug-likeness (QED) is 0.395. The second-order valence-corrected chi connectivity index (χ2v) is 3.17. The molecule has 0 aliphatic rings. The van der Waals surface area contributed by atoms with E-state index in [0.29, 0.717) is 18.8 Å². The highest BCUT2D eigenvalue weighted by Gasteiger charge is 2.13. The normalized spacial score (nSPS) is 11.8. The molecule has 0 radical (unpaired) electrons. The Balaban J connectivity index is 2.11. The maximum atomic E-state index is 11.1. The van der Waals surface area contributed by atoms with Crippen LogP contribution in [0.2, 0.25) is 0 Å². The summed E-state index contributed by atoms with van der Waals surface area (Å²) in [6, 6.07) is -0.551. The zero-order valence-electron chi connectivity index (χ0n) is 8.88. The van der Waals surface area contributed by atoms with Crippen molar-refractivity contribution in [3.63, 3.8) is 0 Å². The number of carbonyl (C=O) groups is 2. The Morgan fingerprint density at radius 1 is 1.47 bits per heavy atom. The first-order valence-electron chi connectivity index (χ1n) is 4.86. The van der Waals surface area contributed by atoms with Crippen LogP contribution in [0.5, 0.6) is 0 Å². The summed E-state index contributed by atoms with van der Waals surface area (Å²) in [6.07, 6.45) is 0.239. The Morgan fingerprint density at radius 3 is 2.82 bits per heavy atom. The largest absolute Gasteiger partial charge is 0.479 e. The molecule has 0 spiro atoms. The number of aromatic amines is 1. The maximum Gasteiger partial charge on any atom is 0.334 e. The van der Waals surface area contributed by atoms with Crippen molar-refractivity contribution >= 4 is 12.0 Å². The Hall–Kier alpha value is -2.16. The van der Waals surface area contributed by atoms with Gasteiger partial charge in [-0.1, -0.05) is 0 Å². The summed E-state index contributed by atoms with van der Waals surface area (Å²) < 4.78 is 0. The van der Waals surface area contributed by atoms with Crippen LogP contribution >= 0.6 is 0 Å². The molecule has 9 nitrogen and oxygen atoms in total. The summed E-state index contributed by atoms with van der Waals surface area (Å²) in [5, 5.41) is 28.2. The molecule has 1 heterocycles. The van der Waals surface area contributed by atoms with E-state index in [1.807, 2.05) is 0 Å². The fourth-order valence-corrected chi connectivity index (χ4v) is 0.985. The Bertz CT molecular complexity index is 366. The van der Waals surface area contributed by atoms with Crippen LogP contribution in [0.1, 0.15) is 5.82 Å². The van der Waals surface area contributed by atoms with Gasteiger partial charge in [0, 0.05) is 13.0 Å². The number of hydrogen-bond donors (Lipinski definition) is 5. The number of aliphatic hydroxyl groups is 1. The van der Waals surface area contributed by atoms with E-state index in [9.17, 15) is 9.59 Å². The van der Waals surface area contributed by atoms with Crippen LogP contribution in [0.4, 0.5) is 4.79 Å². The first-order valence-corrected chi connectivity index (χ1v) is 4.86. The van der Waals surface area contributed by atoms with Gasteiger partial charge in [0.2, 0.25) is 0 Å². The number of nitrogens with one attached hydrogen (secondary N) is 3. The minimum atomic E-state index is -1.60. The van der Waals surface area contributed by atoms with Gasteiger partial charge in [-0.05, 0) is 0 Å². The van der Waals surface area contributed by atoms with E-state index in [2.05, 4.69) is 25.8 Å². The molecular weight excluding hydrogens is 230 g/mol. The molecular formula is C8H13N5O4. The molecule has 17 heavy (non-hydrogen) atoms. The number of aliphatic hydroxyl groups excluding tert-OH is 1. The molecule has 1 atom stereocenters. The third kappa shape index (κ3) is 4.93. The predicted octanol–water partition coefficient (Wildman–Crippen LogP) is -1.91. The van der Waals surface area contributed by atoms with E-state index in [-0.39, 0.29) is 6.54 Å². The van der Waals surface area contributed by atoms with Crippen LogP contribution in [-0.4, -0.2) is 56.6 Å². The fraction of sp³-hybridized carbons (Fsp3) is 0.500. The average molecular weight is 243 g/mol. The standard InChI is InChI=1S/C8H13N5O4/c14-5(7(15)16)3-10-8(17)9-2-1-6-11-4-12-13-6/h4-5,14H,1-3H2,(H,15,16)(H2,9,10,17)(H,11,12,13). The highest BCUT2D eigenvalue weighted by molar-refractivity contribution is 5.76. The molecule has 1 aromatic rings. The van der Waals surface area contributed by atoms with E-state index < -0.39 is 18.1 Å². The Morgan fingerprint density at radius 2 is 2.24 bits per heavy atom. The molecule has 0 fully saturated rings. The third-order valence-electron chi connectivity index (χ3n) is 1.85. The van der Waals surface area contributed by atoms with Gasteiger partial charge in [-0.25, -0.2) is 14.6 Å². The molecule has 2 amide bonds. The van der Waals surface area contributed by atoms with Crippen molar-refractivity contribution in [1.29, 1.82) is 0 Å². The topological polar surface area (TPSA) is 140 Å². The van der Waals surface area contributed by atoms with Gasteiger partial charge in [0.15, 0.2) is 6.10 Å². The third-order valence-corrected chi connectivity index (χ3v) is 1.85. The van der Waals surface area contributed by atoms with Crippen LogP contribution in [0, 0.1) is 0 Å². The number of hydrogen-bond acceptors (Lipinski definition) is 5. The molecule has 0 aliphatic heterocycles. The zero-order chi connectivity index (χ0) is 12.7. The van der Waals surface area contributed by atoms with Crippen molar-refractivity contribution in [3.05, 3.63) is 12.2 Å². The van der Waals surface area contributed by atoms with Crippen molar-refractivity contribution < 1.29 is 19.8 Å². The number of amides is 2. The monoisotopic (exact) mass is 243 g/mol. The van der Waals surface area contributed by atoms with Crippen LogP contribution in [-0.2, 0) is 11.2 Å². The van der Waals surface area contributed by atoms with Gasteiger partial charge in [-0.2, -0.15) is 5.10 Å². The van der Waals surface area contributed by atoms with Crippen molar-refractivity contribution in [2.45, 2.75) is 12.5 Å². The number of H-pyrrole nitrogens is 1. The first-order chi connectivity index (χ1) is 8.09. The van der Waals surface area contributed by atoms with Gasteiger partial charge in [0.05, 0.1) is 6.54 Å².